The van der Waals surface area contributed by atoms with E-state index in [4.69, 9.17) is 16.3 Å². The van der Waals surface area contributed by atoms with E-state index in [1.165, 1.54) is 22.3 Å². The van der Waals surface area contributed by atoms with Crippen LogP contribution in [0.4, 0.5) is 0 Å². The molecule has 2 heterocycles. The molecule has 0 spiro atoms. The van der Waals surface area contributed by atoms with Crippen LogP contribution >= 0.6 is 11.6 Å². The minimum atomic E-state index is -0.545. The van der Waals surface area contributed by atoms with Crippen LogP contribution in [0.2, 0.25) is 5.02 Å². The molecule has 2 aromatic carbocycles. The van der Waals surface area contributed by atoms with Crippen molar-refractivity contribution in [1.29, 1.82) is 0 Å². The highest BCUT2D eigenvalue weighted by Gasteiger charge is 2.53. The van der Waals surface area contributed by atoms with Crippen molar-refractivity contribution >= 4 is 11.6 Å². The first kappa shape index (κ1) is 21.2. The molecule has 2 bridgehead atoms. The van der Waals surface area contributed by atoms with Crippen LogP contribution in [0.1, 0.15) is 59.1 Å². The minimum absolute atomic E-state index is 0.0134. The van der Waals surface area contributed by atoms with Gasteiger partial charge in [0.15, 0.2) is 0 Å². The Bertz CT molecular complexity index is 1190. The summed E-state index contributed by atoms with van der Waals surface area (Å²) >= 11 is 6.47. The number of hydrogen-bond acceptors (Lipinski definition) is 4. The van der Waals surface area contributed by atoms with E-state index in [9.17, 15) is 5.11 Å². The van der Waals surface area contributed by atoms with Gasteiger partial charge < -0.3 is 14.7 Å². The number of ether oxygens (including phenoxy) is 1. The van der Waals surface area contributed by atoms with Crippen molar-refractivity contribution in [2.24, 2.45) is 5.92 Å². The highest BCUT2D eigenvalue weighted by Crippen LogP contribution is 2.60. The van der Waals surface area contributed by atoms with E-state index in [-0.39, 0.29) is 11.3 Å². The Kier molecular flexibility index (Phi) is 5.21. The summed E-state index contributed by atoms with van der Waals surface area (Å²) in [6, 6.07) is 19.3. The Balaban J connectivity index is 1.23. The molecule has 1 saturated heterocycles. The SMILES string of the molecule is COc1ncccc1C(O)C1CCN(CC23CC(c4ccccc42)c2ccc(Cl)cc23)CC1. The fourth-order valence-electron chi connectivity index (χ4n) is 6.68. The molecule has 3 atom stereocenters. The molecule has 5 heteroatoms. The highest BCUT2D eigenvalue weighted by atomic mass is 35.5. The summed E-state index contributed by atoms with van der Waals surface area (Å²) in [5.74, 6) is 1.22. The lowest BCUT2D eigenvalue weighted by molar-refractivity contribution is 0.0521. The number of piperidine rings is 1. The largest absolute Gasteiger partial charge is 0.481 e. The molecule has 33 heavy (non-hydrogen) atoms. The minimum Gasteiger partial charge on any atom is -0.481 e. The van der Waals surface area contributed by atoms with E-state index >= 15 is 0 Å². The van der Waals surface area contributed by atoms with Crippen molar-refractivity contribution in [2.75, 3.05) is 26.7 Å². The molecule has 2 aliphatic carbocycles. The van der Waals surface area contributed by atoms with Crippen LogP contribution in [0, 0.1) is 5.92 Å². The van der Waals surface area contributed by atoms with Crippen LogP contribution in [0.15, 0.2) is 60.8 Å². The molecule has 4 nitrogen and oxygen atoms in total. The molecular formula is C28H29ClN2O2. The van der Waals surface area contributed by atoms with E-state index in [1.807, 2.05) is 18.2 Å². The van der Waals surface area contributed by atoms with Gasteiger partial charge in [-0.3, -0.25) is 0 Å². The van der Waals surface area contributed by atoms with Crippen LogP contribution in [-0.4, -0.2) is 41.7 Å². The summed E-state index contributed by atoms with van der Waals surface area (Å²) in [5, 5.41) is 11.9. The lowest BCUT2D eigenvalue weighted by atomic mass is 9.74. The summed E-state index contributed by atoms with van der Waals surface area (Å²) < 4.78 is 5.38. The number of aliphatic hydroxyl groups excluding tert-OH is 1. The number of methoxy groups -OCH3 is 1. The van der Waals surface area contributed by atoms with Gasteiger partial charge in [-0.15, -0.1) is 0 Å². The number of benzene rings is 2. The van der Waals surface area contributed by atoms with Gasteiger partial charge in [0.1, 0.15) is 0 Å². The van der Waals surface area contributed by atoms with Crippen LogP contribution in [0.3, 0.4) is 0 Å². The summed E-state index contributed by atoms with van der Waals surface area (Å²) in [5.41, 5.74) is 6.64. The maximum absolute atomic E-state index is 11.1. The van der Waals surface area contributed by atoms with Crippen LogP contribution < -0.4 is 4.74 Å². The van der Waals surface area contributed by atoms with Gasteiger partial charge in [0, 0.05) is 34.7 Å². The van der Waals surface area contributed by atoms with Crippen LogP contribution in [-0.2, 0) is 5.41 Å². The van der Waals surface area contributed by atoms with Crippen LogP contribution in [0.25, 0.3) is 0 Å². The van der Waals surface area contributed by atoms with Gasteiger partial charge in [-0.25, -0.2) is 4.98 Å². The fraction of sp³-hybridized carbons (Fsp3) is 0.393. The van der Waals surface area contributed by atoms with Gasteiger partial charge in [0.25, 0.3) is 0 Å². The van der Waals surface area contributed by atoms with Gasteiger partial charge in [-0.1, -0.05) is 41.9 Å². The second-order valence-electron chi connectivity index (χ2n) is 9.82. The average Bonchev–Trinajstić information content (AvgIpc) is 3.35. The molecule has 1 N–H and O–H groups in total. The first-order valence-corrected chi connectivity index (χ1v) is 12.3. The number of rotatable bonds is 5. The zero-order valence-corrected chi connectivity index (χ0v) is 19.6. The Hall–Kier alpha value is -2.40. The predicted octanol–water partition coefficient (Wildman–Crippen LogP) is 5.32. The number of halogens is 1. The zero-order chi connectivity index (χ0) is 22.6. The molecule has 1 aliphatic heterocycles. The number of nitrogens with zero attached hydrogens (tertiary/aromatic N) is 2. The first-order valence-electron chi connectivity index (χ1n) is 11.9. The smallest absolute Gasteiger partial charge is 0.218 e. The zero-order valence-electron chi connectivity index (χ0n) is 18.9. The monoisotopic (exact) mass is 460 g/mol. The quantitative estimate of drug-likeness (QED) is 0.559. The Labute approximate surface area is 200 Å². The molecular weight excluding hydrogens is 432 g/mol. The van der Waals surface area contributed by atoms with Crippen molar-refractivity contribution < 1.29 is 9.84 Å². The first-order chi connectivity index (χ1) is 16.1. The number of hydrogen-bond donors (Lipinski definition) is 1. The van der Waals surface area contributed by atoms with E-state index in [0.29, 0.717) is 11.8 Å². The summed E-state index contributed by atoms with van der Waals surface area (Å²) in [7, 11) is 1.61. The van der Waals surface area contributed by atoms with E-state index in [0.717, 1.165) is 49.5 Å². The van der Waals surface area contributed by atoms with Gasteiger partial charge in [0.05, 0.1) is 13.2 Å². The van der Waals surface area contributed by atoms with Crippen LogP contribution in [0.5, 0.6) is 5.88 Å². The average molecular weight is 461 g/mol. The molecule has 1 aromatic heterocycles. The lowest BCUT2D eigenvalue weighted by Gasteiger charge is -2.40. The Morgan fingerprint density at radius 3 is 2.70 bits per heavy atom. The molecule has 0 radical (unpaired) electrons. The second kappa shape index (κ2) is 8.12. The number of likely N-dealkylation sites (tertiary alicyclic amines) is 1. The molecule has 0 saturated carbocycles. The molecule has 3 aromatic rings. The molecule has 1 fully saturated rings. The number of pyridine rings is 1. The molecule has 6 rings (SSSR count). The van der Waals surface area contributed by atoms with E-state index < -0.39 is 6.10 Å². The number of fused-ring (bicyclic) bond motifs is 8. The molecule has 3 aliphatic rings. The summed E-state index contributed by atoms with van der Waals surface area (Å²) in [4.78, 5) is 6.86. The highest BCUT2D eigenvalue weighted by molar-refractivity contribution is 6.30. The normalized spacial score (nSPS) is 25.0. The van der Waals surface area contributed by atoms with Gasteiger partial charge in [0.2, 0.25) is 5.88 Å². The summed E-state index contributed by atoms with van der Waals surface area (Å²) in [6.07, 6.45) is 4.22. The van der Waals surface area contributed by atoms with Gasteiger partial charge in [-0.05, 0) is 84.8 Å². The van der Waals surface area contributed by atoms with Crippen molar-refractivity contribution in [3.63, 3.8) is 0 Å². The second-order valence-corrected chi connectivity index (χ2v) is 10.3. The van der Waals surface area contributed by atoms with Gasteiger partial charge in [-0.2, -0.15) is 0 Å². The Morgan fingerprint density at radius 1 is 1.09 bits per heavy atom. The summed E-state index contributed by atoms with van der Waals surface area (Å²) in [6.45, 7) is 2.97. The topological polar surface area (TPSA) is 45.6 Å². The van der Waals surface area contributed by atoms with E-state index in [1.54, 1.807) is 13.3 Å². The fourth-order valence-corrected chi connectivity index (χ4v) is 6.85. The third kappa shape index (κ3) is 3.30. The van der Waals surface area contributed by atoms with Gasteiger partial charge >= 0.3 is 0 Å². The van der Waals surface area contributed by atoms with Crippen molar-refractivity contribution in [3.8, 4) is 5.88 Å². The molecule has 0 amide bonds. The van der Waals surface area contributed by atoms with Crippen molar-refractivity contribution in [3.05, 3.63) is 93.6 Å². The van der Waals surface area contributed by atoms with E-state index in [2.05, 4.69) is 46.3 Å². The Morgan fingerprint density at radius 2 is 1.88 bits per heavy atom. The number of aromatic nitrogens is 1. The standard InChI is InChI=1S/C28H29ClN2O2/c1-33-27-22(6-4-12-30-27)26(32)18-10-13-31(14-11-18)17-28-16-23(20-5-2-3-7-24(20)28)21-9-8-19(29)15-25(21)28/h2-9,12,15,18,23,26,32H,10-11,13-14,16-17H2,1H3. The third-order valence-electron chi connectivity index (χ3n) is 8.20. The predicted molar refractivity (Wildman–Crippen MR) is 130 cm³/mol. The number of aliphatic hydroxyl groups is 1. The van der Waals surface area contributed by atoms with Crippen molar-refractivity contribution in [1.82, 2.24) is 9.88 Å². The molecule has 170 valence electrons. The lowest BCUT2D eigenvalue weighted by Crippen LogP contribution is -2.44. The maximum atomic E-state index is 11.1. The third-order valence-corrected chi connectivity index (χ3v) is 8.43. The molecule has 3 unspecified atom stereocenters. The maximum Gasteiger partial charge on any atom is 0.218 e. The van der Waals surface area contributed by atoms with Crippen molar-refractivity contribution in [2.45, 2.75) is 36.7 Å².